The normalized spacial score (nSPS) is 11.8. The summed E-state index contributed by atoms with van der Waals surface area (Å²) < 4.78 is 2.66. The van der Waals surface area contributed by atoms with Crippen molar-refractivity contribution in [2.75, 3.05) is 0 Å². The van der Waals surface area contributed by atoms with Gasteiger partial charge in [-0.25, -0.2) is 0 Å². The van der Waals surface area contributed by atoms with Gasteiger partial charge >= 0.3 is 0 Å². The summed E-state index contributed by atoms with van der Waals surface area (Å²) in [7, 11) is 0. The lowest BCUT2D eigenvalue weighted by molar-refractivity contribution is 1.66. The van der Waals surface area contributed by atoms with Crippen molar-refractivity contribution in [1.82, 2.24) is 0 Å². The molecule has 0 fully saturated rings. The monoisotopic (exact) mass is 688 g/mol. The molecule has 0 bridgehead atoms. The molecule has 0 saturated carbocycles. The van der Waals surface area contributed by atoms with Gasteiger partial charge in [-0.05, 0) is 112 Å². The summed E-state index contributed by atoms with van der Waals surface area (Å²) in [5, 5.41) is 12.9. The fourth-order valence-corrected chi connectivity index (χ4v) is 9.92. The molecular weight excluding hydrogens is 657 g/mol. The third-order valence-corrected chi connectivity index (χ3v) is 12.3. The molecule has 0 spiro atoms. The van der Waals surface area contributed by atoms with E-state index in [0.717, 1.165) is 0 Å². The van der Waals surface area contributed by atoms with Crippen molar-refractivity contribution in [1.29, 1.82) is 0 Å². The molecule has 0 aliphatic heterocycles. The smallest absolute Gasteiger partial charge is 0.0434 e. The molecule has 0 N–H and O–H groups in total. The third-order valence-electron chi connectivity index (χ3n) is 11.0. The Balaban J connectivity index is 1.09. The molecule has 0 radical (unpaired) electrons. The zero-order chi connectivity index (χ0) is 34.9. The molecule has 0 aliphatic rings. The van der Waals surface area contributed by atoms with E-state index in [2.05, 4.69) is 194 Å². The highest BCUT2D eigenvalue weighted by Gasteiger charge is 2.16. The first-order valence-corrected chi connectivity index (χ1v) is 19.1. The molecule has 53 heavy (non-hydrogen) atoms. The molecule has 0 aliphatic carbocycles. The van der Waals surface area contributed by atoms with E-state index in [-0.39, 0.29) is 0 Å². The van der Waals surface area contributed by atoms with Gasteiger partial charge in [0.05, 0.1) is 0 Å². The molecule has 1 heteroatoms. The van der Waals surface area contributed by atoms with Crippen LogP contribution < -0.4 is 0 Å². The Morgan fingerprint density at radius 3 is 1.08 bits per heavy atom. The molecule has 1 heterocycles. The number of thiophene rings is 1. The average molecular weight is 689 g/mol. The van der Waals surface area contributed by atoms with Gasteiger partial charge in [-0.1, -0.05) is 170 Å². The van der Waals surface area contributed by atoms with Gasteiger partial charge in [0.15, 0.2) is 0 Å². The Bertz CT molecular complexity index is 2990. The minimum absolute atomic E-state index is 1.24. The number of benzene rings is 10. The lowest BCUT2D eigenvalue weighted by Crippen LogP contribution is -1.86. The summed E-state index contributed by atoms with van der Waals surface area (Å²) in [6.45, 7) is 0. The van der Waals surface area contributed by atoms with Gasteiger partial charge in [0, 0.05) is 20.2 Å². The third kappa shape index (κ3) is 4.82. The molecule has 10 aromatic carbocycles. The first kappa shape index (κ1) is 30.1. The first-order valence-electron chi connectivity index (χ1n) is 18.3. The van der Waals surface area contributed by atoms with E-state index < -0.39 is 0 Å². The highest BCUT2D eigenvalue weighted by molar-refractivity contribution is 7.26. The summed E-state index contributed by atoms with van der Waals surface area (Å²) in [5.74, 6) is 0. The van der Waals surface area contributed by atoms with Crippen LogP contribution in [0.1, 0.15) is 0 Å². The van der Waals surface area contributed by atoms with Crippen molar-refractivity contribution in [3.05, 3.63) is 194 Å². The van der Waals surface area contributed by atoms with E-state index in [1.807, 2.05) is 11.3 Å². The van der Waals surface area contributed by atoms with Crippen LogP contribution in [0.2, 0.25) is 0 Å². The van der Waals surface area contributed by atoms with Crippen molar-refractivity contribution in [3.8, 4) is 44.5 Å². The van der Waals surface area contributed by atoms with Gasteiger partial charge in [0.25, 0.3) is 0 Å². The molecule has 1 aromatic heterocycles. The van der Waals surface area contributed by atoms with Crippen molar-refractivity contribution in [3.63, 3.8) is 0 Å². The van der Waals surface area contributed by atoms with E-state index >= 15 is 0 Å². The first-order chi connectivity index (χ1) is 26.3. The van der Waals surface area contributed by atoms with Gasteiger partial charge in [-0.2, -0.15) is 0 Å². The Morgan fingerprint density at radius 2 is 0.623 bits per heavy atom. The largest absolute Gasteiger partial charge is 0.134 e. The van der Waals surface area contributed by atoms with E-state index in [9.17, 15) is 0 Å². The van der Waals surface area contributed by atoms with Crippen LogP contribution in [0.5, 0.6) is 0 Å². The lowest BCUT2D eigenvalue weighted by Gasteiger charge is -2.13. The summed E-state index contributed by atoms with van der Waals surface area (Å²) in [6, 6.07) is 71.6. The molecule has 11 rings (SSSR count). The van der Waals surface area contributed by atoms with E-state index in [1.165, 1.54) is 108 Å². The van der Waals surface area contributed by atoms with Crippen LogP contribution in [-0.4, -0.2) is 0 Å². The fourth-order valence-electron chi connectivity index (χ4n) is 8.55. The van der Waals surface area contributed by atoms with Crippen LogP contribution in [0.4, 0.5) is 0 Å². The maximum atomic E-state index is 2.40. The van der Waals surface area contributed by atoms with Crippen LogP contribution in [0.15, 0.2) is 194 Å². The minimum Gasteiger partial charge on any atom is -0.134 e. The molecule has 0 nitrogen and oxygen atoms in total. The minimum atomic E-state index is 1.24. The highest BCUT2D eigenvalue weighted by atomic mass is 32.1. The summed E-state index contributed by atoms with van der Waals surface area (Å²) in [6.07, 6.45) is 0. The second-order valence-corrected chi connectivity index (χ2v) is 15.0. The predicted octanol–water partition coefficient (Wildman–Crippen LogP) is 15.3. The Kier molecular flexibility index (Phi) is 6.83. The van der Waals surface area contributed by atoms with Gasteiger partial charge in [-0.3, -0.25) is 0 Å². The molecular formula is C52H32S. The summed E-state index contributed by atoms with van der Waals surface area (Å²) >= 11 is 1.92. The van der Waals surface area contributed by atoms with Crippen molar-refractivity contribution in [2.45, 2.75) is 0 Å². The summed E-state index contributed by atoms with van der Waals surface area (Å²) in [5.41, 5.74) is 10.1. The van der Waals surface area contributed by atoms with Gasteiger partial charge in [0.2, 0.25) is 0 Å². The Hall–Kier alpha value is -6.54. The standard InChI is InChI=1S/C52H32S/c1-3-13-33(14-4-1)49-31-37-29-35(25-27-39(37)43-17-7-9-19-45(43)49)41-21-11-23-47-48-24-12-22-42(52(48)53-51(41)47)36-26-28-40-38(30-36)32-50(34-15-5-2-6-16-34)46-20-10-8-18-44(40)46/h1-32H. The topological polar surface area (TPSA) is 0 Å². The van der Waals surface area contributed by atoms with Crippen molar-refractivity contribution in [2.24, 2.45) is 0 Å². The second kappa shape index (κ2) is 12.0. The van der Waals surface area contributed by atoms with Crippen molar-refractivity contribution < 1.29 is 0 Å². The van der Waals surface area contributed by atoms with E-state index in [0.29, 0.717) is 0 Å². The predicted molar refractivity (Wildman–Crippen MR) is 231 cm³/mol. The SMILES string of the molecule is c1ccc(-c2cc3cc(-c4cccc5c4sc4c(-c6ccc7c(c6)cc(-c6ccccc6)c6ccccc67)cccc45)ccc3c3ccccc23)cc1. The molecule has 0 unspecified atom stereocenters. The molecule has 0 saturated heterocycles. The van der Waals surface area contributed by atoms with Gasteiger partial charge in [0.1, 0.15) is 0 Å². The van der Waals surface area contributed by atoms with Gasteiger partial charge < -0.3 is 0 Å². The van der Waals surface area contributed by atoms with Crippen molar-refractivity contribution >= 4 is 74.6 Å². The second-order valence-electron chi connectivity index (χ2n) is 14.0. The Labute approximate surface area is 311 Å². The van der Waals surface area contributed by atoms with E-state index in [4.69, 9.17) is 0 Å². The van der Waals surface area contributed by atoms with Crippen LogP contribution in [0.3, 0.4) is 0 Å². The maximum absolute atomic E-state index is 2.40. The lowest BCUT2D eigenvalue weighted by atomic mass is 9.91. The van der Waals surface area contributed by atoms with Crippen LogP contribution in [-0.2, 0) is 0 Å². The van der Waals surface area contributed by atoms with Crippen LogP contribution in [0, 0.1) is 0 Å². The number of hydrogen-bond acceptors (Lipinski definition) is 1. The zero-order valence-electron chi connectivity index (χ0n) is 28.9. The zero-order valence-corrected chi connectivity index (χ0v) is 29.7. The number of rotatable bonds is 4. The molecule has 246 valence electrons. The molecule has 0 atom stereocenters. The van der Waals surface area contributed by atoms with Crippen LogP contribution >= 0.6 is 11.3 Å². The number of hydrogen-bond donors (Lipinski definition) is 0. The molecule has 11 aromatic rings. The fraction of sp³-hybridized carbons (Fsp3) is 0. The Morgan fingerprint density at radius 1 is 0.226 bits per heavy atom. The highest BCUT2D eigenvalue weighted by Crippen LogP contribution is 2.46. The average Bonchev–Trinajstić information content (AvgIpc) is 3.63. The maximum Gasteiger partial charge on any atom is 0.0434 e. The summed E-state index contributed by atoms with van der Waals surface area (Å²) in [4.78, 5) is 0. The molecule has 0 amide bonds. The van der Waals surface area contributed by atoms with E-state index in [1.54, 1.807) is 0 Å². The van der Waals surface area contributed by atoms with Crippen LogP contribution in [0.25, 0.3) is 108 Å². The number of fused-ring (bicyclic) bond motifs is 9. The quantitative estimate of drug-likeness (QED) is 0.162. The van der Waals surface area contributed by atoms with Gasteiger partial charge in [-0.15, -0.1) is 11.3 Å².